The van der Waals surface area contributed by atoms with Crippen molar-refractivity contribution in [2.24, 2.45) is 11.8 Å². The van der Waals surface area contributed by atoms with Crippen molar-refractivity contribution in [1.29, 1.82) is 0 Å². The number of piperidine rings is 1. The van der Waals surface area contributed by atoms with Crippen molar-refractivity contribution in [3.05, 3.63) is 71.3 Å². The highest BCUT2D eigenvalue weighted by Crippen LogP contribution is 2.29. The molecular weight excluding hydrogens is 344 g/mol. The lowest BCUT2D eigenvalue weighted by atomic mass is 9.96. The predicted octanol–water partition coefficient (Wildman–Crippen LogP) is 4.32. The van der Waals surface area contributed by atoms with Crippen molar-refractivity contribution in [2.45, 2.75) is 38.5 Å². The number of rotatable bonds is 7. The molecule has 2 aromatic rings. The van der Waals surface area contributed by atoms with Gasteiger partial charge in [0.05, 0.1) is 0 Å². The van der Waals surface area contributed by atoms with Gasteiger partial charge in [-0.1, -0.05) is 42.5 Å². The molecule has 0 atom stereocenters. The molecular formula is C25H32N2O. The minimum Gasteiger partial charge on any atom is -0.339 e. The van der Waals surface area contributed by atoms with Crippen LogP contribution in [0.4, 0.5) is 0 Å². The summed E-state index contributed by atoms with van der Waals surface area (Å²) in [4.78, 5) is 14.5. The van der Waals surface area contributed by atoms with E-state index in [0.717, 1.165) is 50.5 Å². The van der Waals surface area contributed by atoms with Gasteiger partial charge in [0, 0.05) is 18.7 Å². The van der Waals surface area contributed by atoms with Crippen LogP contribution in [-0.4, -0.2) is 37.0 Å². The molecule has 4 rings (SSSR count). The van der Waals surface area contributed by atoms with E-state index in [1.54, 1.807) is 11.1 Å². The van der Waals surface area contributed by atoms with Crippen molar-refractivity contribution in [3.63, 3.8) is 0 Å². The molecule has 28 heavy (non-hydrogen) atoms. The Bertz CT molecular complexity index is 740. The lowest BCUT2D eigenvalue weighted by molar-refractivity contribution is 0.0690. The number of carbonyl (C=O) groups is 1. The standard InChI is InChI=1S/C25H32N2O/c28-25(22-8-2-1-3-9-22)27-15-12-20(13-16-27)19-26-14-6-7-21-17-23-10-4-5-11-24(23)18-21/h1-5,8-11,20-21,26H,6-7,12-19H2. The normalized spacial score (nSPS) is 17.6. The van der Waals surface area contributed by atoms with Crippen LogP contribution in [0.15, 0.2) is 54.6 Å². The number of fused-ring (bicyclic) bond motifs is 1. The summed E-state index contributed by atoms with van der Waals surface area (Å²) in [7, 11) is 0. The first-order valence-electron chi connectivity index (χ1n) is 10.9. The number of nitrogens with zero attached hydrogens (tertiary/aromatic N) is 1. The molecule has 1 fully saturated rings. The molecule has 1 heterocycles. The number of carbonyl (C=O) groups excluding carboxylic acids is 1. The average molecular weight is 377 g/mol. The van der Waals surface area contributed by atoms with Crippen molar-refractivity contribution < 1.29 is 4.79 Å². The third kappa shape index (κ3) is 4.82. The first-order valence-corrected chi connectivity index (χ1v) is 10.9. The molecule has 148 valence electrons. The Hall–Kier alpha value is -2.13. The third-order valence-corrected chi connectivity index (χ3v) is 6.46. The zero-order valence-corrected chi connectivity index (χ0v) is 16.8. The van der Waals surface area contributed by atoms with Gasteiger partial charge < -0.3 is 10.2 Å². The first-order chi connectivity index (χ1) is 13.8. The van der Waals surface area contributed by atoms with Crippen LogP contribution in [0.3, 0.4) is 0 Å². The van der Waals surface area contributed by atoms with Crippen LogP contribution in [0.2, 0.25) is 0 Å². The minimum atomic E-state index is 0.185. The SMILES string of the molecule is O=C(c1ccccc1)N1CCC(CNCCCC2Cc3ccccc3C2)CC1. The summed E-state index contributed by atoms with van der Waals surface area (Å²) >= 11 is 0. The van der Waals surface area contributed by atoms with E-state index in [-0.39, 0.29) is 5.91 Å². The van der Waals surface area contributed by atoms with Crippen molar-refractivity contribution in [1.82, 2.24) is 10.2 Å². The van der Waals surface area contributed by atoms with Crippen LogP contribution in [0.25, 0.3) is 0 Å². The lowest BCUT2D eigenvalue weighted by Gasteiger charge is -2.32. The zero-order chi connectivity index (χ0) is 19.2. The largest absolute Gasteiger partial charge is 0.339 e. The highest BCUT2D eigenvalue weighted by atomic mass is 16.2. The number of amides is 1. The number of benzene rings is 2. The van der Waals surface area contributed by atoms with Gasteiger partial charge in [0.1, 0.15) is 0 Å². The molecule has 1 aliphatic heterocycles. The lowest BCUT2D eigenvalue weighted by Crippen LogP contribution is -2.40. The summed E-state index contributed by atoms with van der Waals surface area (Å²) in [5, 5.41) is 3.67. The van der Waals surface area contributed by atoms with E-state index >= 15 is 0 Å². The Kier molecular flexibility index (Phi) is 6.43. The Morgan fingerprint density at radius 1 is 0.893 bits per heavy atom. The second-order valence-electron chi connectivity index (χ2n) is 8.49. The number of hydrogen-bond acceptors (Lipinski definition) is 2. The molecule has 0 bridgehead atoms. The summed E-state index contributed by atoms with van der Waals surface area (Å²) in [5.41, 5.74) is 3.95. The van der Waals surface area contributed by atoms with E-state index in [2.05, 4.69) is 29.6 Å². The molecule has 1 aliphatic carbocycles. The van der Waals surface area contributed by atoms with Gasteiger partial charge in [-0.2, -0.15) is 0 Å². The summed E-state index contributed by atoms with van der Waals surface area (Å²) in [5.74, 6) is 1.73. The molecule has 1 N–H and O–H groups in total. The van der Waals surface area contributed by atoms with Crippen molar-refractivity contribution in [3.8, 4) is 0 Å². The molecule has 2 aliphatic rings. The van der Waals surface area contributed by atoms with Gasteiger partial charge in [-0.25, -0.2) is 0 Å². The Morgan fingerprint density at radius 2 is 1.54 bits per heavy atom. The van der Waals surface area contributed by atoms with Crippen LogP contribution in [0, 0.1) is 11.8 Å². The van der Waals surface area contributed by atoms with E-state index < -0.39 is 0 Å². The van der Waals surface area contributed by atoms with E-state index in [4.69, 9.17) is 0 Å². The molecule has 2 aromatic carbocycles. The van der Waals surface area contributed by atoms with Crippen molar-refractivity contribution >= 4 is 5.91 Å². The first kappa shape index (κ1) is 19.2. The van der Waals surface area contributed by atoms with Gasteiger partial charge >= 0.3 is 0 Å². The van der Waals surface area contributed by atoms with Crippen LogP contribution in [0.1, 0.15) is 47.2 Å². The summed E-state index contributed by atoms with van der Waals surface area (Å²) in [6.45, 7) is 4.00. The van der Waals surface area contributed by atoms with Crippen molar-refractivity contribution in [2.75, 3.05) is 26.2 Å². The molecule has 0 aromatic heterocycles. The number of likely N-dealkylation sites (tertiary alicyclic amines) is 1. The molecule has 1 saturated heterocycles. The number of nitrogens with one attached hydrogen (secondary N) is 1. The summed E-state index contributed by atoms with van der Waals surface area (Å²) < 4.78 is 0. The van der Waals surface area contributed by atoms with Gasteiger partial charge in [-0.15, -0.1) is 0 Å². The highest BCUT2D eigenvalue weighted by Gasteiger charge is 2.23. The van der Waals surface area contributed by atoms with Gasteiger partial charge in [0.15, 0.2) is 0 Å². The topological polar surface area (TPSA) is 32.3 Å². The fourth-order valence-corrected chi connectivity index (χ4v) is 4.78. The molecule has 0 unspecified atom stereocenters. The van der Waals surface area contributed by atoms with Crippen LogP contribution < -0.4 is 5.32 Å². The van der Waals surface area contributed by atoms with Gasteiger partial charge in [0.2, 0.25) is 0 Å². The molecule has 3 heteroatoms. The zero-order valence-electron chi connectivity index (χ0n) is 16.8. The monoisotopic (exact) mass is 376 g/mol. The average Bonchev–Trinajstić information content (AvgIpc) is 3.17. The Balaban J connectivity index is 1.09. The molecule has 1 amide bonds. The van der Waals surface area contributed by atoms with Crippen LogP contribution in [-0.2, 0) is 12.8 Å². The predicted molar refractivity (Wildman–Crippen MR) is 115 cm³/mol. The quantitative estimate of drug-likeness (QED) is 0.730. The van der Waals surface area contributed by atoms with Gasteiger partial charge in [-0.3, -0.25) is 4.79 Å². The number of hydrogen-bond donors (Lipinski definition) is 1. The molecule has 3 nitrogen and oxygen atoms in total. The van der Waals surface area contributed by atoms with E-state index in [0.29, 0.717) is 5.92 Å². The van der Waals surface area contributed by atoms with Crippen LogP contribution >= 0.6 is 0 Å². The maximum absolute atomic E-state index is 12.5. The fraction of sp³-hybridized carbons (Fsp3) is 0.480. The maximum atomic E-state index is 12.5. The van der Waals surface area contributed by atoms with E-state index in [1.807, 2.05) is 35.2 Å². The maximum Gasteiger partial charge on any atom is 0.253 e. The molecule has 0 saturated carbocycles. The fourth-order valence-electron chi connectivity index (χ4n) is 4.78. The van der Waals surface area contributed by atoms with E-state index in [1.165, 1.54) is 25.7 Å². The van der Waals surface area contributed by atoms with Gasteiger partial charge in [0.25, 0.3) is 5.91 Å². The minimum absolute atomic E-state index is 0.185. The second-order valence-corrected chi connectivity index (χ2v) is 8.49. The smallest absolute Gasteiger partial charge is 0.253 e. The summed E-state index contributed by atoms with van der Waals surface area (Å²) in [6, 6.07) is 18.6. The van der Waals surface area contributed by atoms with Crippen LogP contribution in [0.5, 0.6) is 0 Å². The third-order valence-electron chi connectivity index (χ3n) is 6.46. The van der Waals surface area contributed by atoms with Gasteiger partial charge in [-0.05, 0) is 86.7 Å². The highest BCUT2D eigenvalue weighted by molar-refractivity contribution is 5.94. The molecule has 0 radical (unpaired) electrons. The van der Waals surface area contributed by atoms with E-state index in [9.17, 15) is 4.79 Å². The molecule has 0 spiro atoms. The Labute approximate surface area is 169 Å². The second kappa shape index (κ2) is 9.38. The Morgan fingerprint density at radius 3 is 2.21 bits per heavy atom. The summed E-state index contributed by atoms with van der Waals surface area (Å²) in [6.07, 6.45) is 7.36.